The van der Waals surface area contributed by atoms with Crippen LogP contribution in [0.15, 0.2) is 58.8 Å². The molecular weight excluding hydrogens is 485 g/mol. The van der Waals surface area contributed by atoms with Gasteiger partial charge in [0.1, 0.15) is 11.5 Å². The SMILES string of the molecule is Oc1ccc(N=Nc2ccc(OCC(F)(F)C(F)(F)C(F)(F)C(F)(F)C(F)(F)F)cc2)cc1. The van der Waals surface area contributed by atoms with Crippen molar-refractivity contribution in [3.05, 3.63) is 48.5 Å². The number of benzene rings is 2. The summed E-state index contributed by atoms with van der Waals surface area (Å²) in [6.45, 7) is -2.64. The smallest absolute Gasteiger partial charge is 0.460 e. The summed E-state index contributed by atoms with van der Waals surface area (Å²) in [5.74, 6) is -28.9. The fourth-order valence-electron chi connectivity index (χ4n) is 2.11. The Balaban J connectivity index is 2.11. The number of azo groups is 1. The highest BCUT2D eigenvalue weighted by Gasteiger charge is 2.87. The van der Waals surface area contributed by atoms with Gasteiger partial charge in [0.25, 0.3) is 0 Å². The first-order valence-corrected chi connectivity index (χ1v) is 8.44. The molecule has 15 heteroatoms. The molecule has 0 saturated heterocycles. The summed E-state index contributed by atoms with van der Waals surface area (Å²) in [4.78, 5) is 0. The summed E-state index contributed by atoms with van der Waals surface area (Å²) >= 11 is 0. The standard InChI is InChI=1S/C18H11F11N2O2/c19-14(20,15(21,22)16(23,24)17(25,26)18(27,28)29)9-33-13-7-3-11(4-8-13)31-30-10-1-5-12(32)6-2-10/h1-8,32H,9H2. The second-order valence-electron chi connectivity index (χ2n) is 6.42. The van der Waals surface area contributed by atoms with Gasteiger partial charge in [0, 0.05) is 0 Å². The zero-order chi connectivity index (χ0) is 25.3. The van der Waals surface area contributed by atoms with E-state index in [0.717, 1.165) is 24.3 Å². The lowest BCUT2D eigenvalue weighted by molar-refractivity contribution is -0.423. The van der Waals surface area contributed by atoms with Crippen LogP contribution in [0.5, 0.6) is 11.5 Å². The Morgan fingerprint density at radius 2 is 1.03 bits per heavy atom. The Kier molecular flexibility index (Phi) is 6.86. The number of alkyl halides is 11. The normalized spacial score (nSPS) is 14.0. The number of nitrogens with zero attached hydrogens (tertiary/aromatic N) is 2. The van der Waals surface area contributed by atoms with E-state index in [9.17, 15) is 48.3 Å². The van der Waals surface area contributed by atoms with E-state index in [1.54, 1.807) is 0 Å². The van der Waals surface area contributed by atoms with Gasteiger partial charge in [-0.15, -0.1) is 0 Å². The van der Waals surface area contributed by atoms with Crippen molar-refractivity contribution in [2.75, 3.05) is 6.61 Å². The van der Waals surface area contributed by atoms with E-state index >= 15 is 0 Å². The highest BCUT2D eigenvalue weighted by Crippen LogP contribution is 2.57. The zero-order valence-corrected chi connectivity index (χ0v) is 15.7. The minimum Gasteiger partial charge on any atom is -0.508 e. The molecular formula is C18H11F11N2O2. The van der Waals surface area contributed by atoms with E-state index in [1.807, 2.05) is 0 Å². The topological polar surface area (TPSA) is 54.2 Å². The summed E-state index contributed by atoms with van der Waals surface area (Å²) < 4.78 is 146. The third-order valence-electron chi connectivity index (χ3n) is 3.99. The molecule has 0 radical (unpaired) electrons. The number of ether oxygens (including phenoxy) is 1. The molecule has 0 aliphatic carbocycles. The van der Waals surface area contributed by atoms with E-state index in [4.69, 9.17) is 5.11 Å². The van der Waals surface area contributed by atoms with Gasteiger partial charge in [-0.1, -0.05) is 0 Å². The van der Waals surface area contributed by atoms with Crippen molar-refractivity contribution >= 4 is 11.4 Å². The fraction of sp³-hybridized carbons (Fsp3) is 0.333. The van der Waals surface area contributed by atoms with Crippen LogP contribution in [0.25, 0.3) is 0 Å². The molecule has 2 rings (SSSR count). The molecule has 182 valence electrons. The number of hydrogen-bond donors (Lipinski definition) is 1. The molecule has 0 aromatic heterocycles. The van der Waals surface area contributed by atoms with Gasteiger partial charge in [-0.2, -0.15) is 58.5 Å². The van der Waals surface area contributed by atoms with Crippen LogP contribution in [0.3, 0.4) is 0 Å². The Hall–Kier alpha value is -3.13. The van der Waals surface area contributed by atoms with Crippen LogP contribution >= 0.6 is 0 Å². The second kappa shape index (κ2) is 8.67. The van der Waals surface area contributed by atoms with Crippen LogP contribution in [-0.4, -0.2) is 41.6 Å². The molecule has 0 aliphatic rings. The van der Waals surface area contributed by atoms with Gasteiger partial charge in [0.2, 0.25) is 0 Å². The third kappa shape index (κ3) is 5.11. The molecule has 33 heavy (non-hydrogen) atoms. The molecule has 0 unspecified atom stereocenters. The van der Waals surface area contributed by atoms with Gasteiger partial charge in [-0.25, -0.2) is 0 Å². The highest BCUT2D eigenvalue weighted by molar-refractivity contribution is 5.44. The van der Waals surface area contributed by atoms with Crippen molar-refractivity contribution in [2.45, 2.75) is 29.9 Å². The molecule has 0 spiro atoms. The maximum Gasteiger partial charge on any atom is 0.460 e. The number of hydrogen-bond acceptors (Lipinski definition) is 4. The first-order chi connectivity index (χ1) is 14.9. The monoisotopic (exact) mass is 496 g/mol. The van der Waals surface area contributed by atoms with Gasteiger partial charge >= 0.3 is 29.9 Å². The Labute approximate surface area is 177 Å². The van der Waals surface area contributed by atoms with Crippen molar-refractivity contribution in [2.24, 2.45) is 10.2 Å². The van der Waals surface area contributed by atoms with Gasteiger partial charge in [0.05, 0.1) is 11.4 Å². The summed E-state index contributed by atoms with van der Waals surface area (Å²) in [7, 11) is 0. The van der Waals surface area contributed by atoms with Crippen LogP contribution in [0.4, 0.5) is 59.7 Å². The van der Waals surface area contributed by atoms with E-state index in [2.05, 4.69) is 15.0 Å². The van der Waals surface area contributed by atoms with Crippen LogP contribution in [0, 0.1) is 0 Å². The molecule has 4 nitrogen and oxygen atoms in total. The van der Waals surface area contributed by atoms with E-state index in [1.165, 1.54) is 24.3 Å². The molecule has 1 N–H and O–H groups in total. The lowest BCUT2D eigenvalue weighted by Gasteiger charge is -2.37. The summed E-state index contributed by atoms with van der Waals surface area (Å²) in [6, 6.07) is 9.19. The van der Waals surface area contributed by atoms with Crippen LogP contribution in [0.2, 0.25) is 0 Å². The molecule has 0 atom stereocenters. The average molecular weight is 496 g/mol. The van der Waals surface area contributed by atoms with Crippen molar-refractivity contribution in [3.8, 4) is 11.5 Å². The van der Waals surface area contributed by atoms with Crippen LogP contribution in [0.1, 0.15) is 0 Å². The van der Waals surface area contributed by atoms with E-state index < -0.39 is 42.2 Å². The van der Waals surface area contributed by atoms with Crippen LogP contribution < -0.4 is 4.74 Å². The maximum absolute atomic E-state index is 13.6. The quantitative estimate of drug-likeness (QED) is 0.308. The second-order valence-corrected chi connectivity index (χ2v) is 6.42. The Bertz CT molecular complexity index is 972. The van der Waals surface area contributed by atoms with Gasteiger partial charge in [-0.05, 0) is 48.5 Å². The fourth-order valence-corrected chi connectivity index (χ4v) is 2.11. The summed E-state index contributed by atoms with van der Waals surface area (Å²) in [5.41, 5.74) is 0.371. The predicted octanol–water partition coefficient (Wildman–Crippen LogP) is 7.29. The predicted molar refractivity (Wildman–Crippen MR) is 90.1 cm³/mol. The third-order valence-corrected chi connectivity index (χ3v) is 3.99. The van der Waals surface area contributed by atoms with Crippen molar-refractivity contribution in [1.29, 1.82) is 0 Å². The Morgan fingerprint density at radius 3 is 1.45 bits per heavy atom. The Morgan fingerprint density at radius 1 is 0.606 bits per heavy atom. The van der Waals surface area contributed by atoms with Crippen LogP contribution in [-0.2, 0) is 0 Å². The minimum absolute atomic E-state index is 0.0438. The highest BCUT2D eigenvalue weighted by atomic mass is 19.4. The molecule has 0 aliphatic heterocycles. The number of phenolic OH excluding ortho intramolecular Hbond substituents is 1. The molecule has 0 saturated carbocycles. The largest absolute Gasteiger partial charge is 0.508 e. The molecule has 2 aromatic rings. The van der Waals surface area contributed by atoms with Crippen molar-refractivity contribution in [1.82, 2.24) is 0 Å². The molecule has 0 heterocycles. The zero-order valence-electron chi connectivity index (χ0n) is 15.7. The first kappa shape index (κ1) is 26.1. The number of phenols is 1. The molecule has 0 amide bonds. The van der Waals surface area contributed by atoms with Crippen molar-refractivity contribution < 1.29 is 58.1 Å². The van der Waals surface area contributed by atoms with E-state index in [0.29, 0.717) is 5.69 Å². The van der Waals surface area contributed by atoms with E-state index in [-0.39, 0.29) is 11.4 Å². The van der Waals surface area contributed by atoms with Gasteiger partial charge in [0.15, 0.2) is 6.61 Å². The lowest BCUT2D eigenvalue weighted by atomic mass is 9.98. The molecule has 0 bridgehead atoms. The molecule has 2 aromatic carbocycles. The minimum atomic E-state index is -7.48. The van der Waals surface area contributed by atoms with Crippen molar-refractivity contribution in [3.63, 3.8) is 0 Å². The first-order valence-electron chi connectivity index (χ1n) is 8.44. The lowest BCUT2D eigenvalue weighted by Crippen LogP contribution is -2.67. The summed E-state index contributed by atoms with van der Waals surface area (Å²) in [6.07, 6.45) is -7.22. The van der Waals surface area contributed by atoms with Gasteiger partial charge < -0.3 is 9.84 Å². The average Bonchev–Trinajstić information content (AvgIpc) is 2.71. The molecule has 0 fully saturated rings. The number of rotatable bonds is 8. The van der Waals surface area contributed by atoms with Gasteiger partial charge in [-0.3, -0.25) is 0 Å². The number of halogens is 11. The summed E-state index contributed by atoms with van der Waals surface area (Å²) in [5, 5.41) is 16.6. The maximum atomic E-state index is 13.6. The number of aromatic hydroxyl groups is 1.